The van der Waals surface area contributed by atoms with E-state index in [1.807, 2.05) is 24.3 Å². The molecule has 4 heteroatoms. The lowest BCUT2D eigenvalue weighted by molar-refractivity contribution is 0.462. The summed E-state index contributed by atoms with van der Waals surface area (Å²) in [4.78, 5) is 0. The molecule has 0 radical (unpaired) electrons. The summed E-state index contributed by atoms with van der Waals surface area (Å²) in [6.07, 6.45) is 22.3. The van der Waals surface area contributed by atoms with Gasteiger partial charge >= 0.3 is 0 Å². The van der Waals surface area contributed by atoms with E-state index in [1.54, 1.807) is 5.12 Å². The molecule has 1 aliphatic carbocycles. The zero-order valence-corrected chi connectivity index (χ0v) is 18.2. The number of benzene rings is 1. The van der Waals surface area contributed by atoms with Crippen LogP contribution in [0.3, 0.4) is 0 Å². The van der Waals surface area contributed by atoms with Gasteiger partial charge in [-0.2, -0.15) is 15.6 Å². The summed E-state index contributed by atoms with van der Waals surface area (Å²) in [6, 6.07) is 4.20. The summed E-state index contributed by atoms with van der Waals surface area (Å²) >= 11 is 0. The number of hydrazine groups is 1. The van der Waals surface area contributed by atoms with Crippen LogP contribution < -0.4 is 10.5 Å². The fraction of sp³-hybridized carbons (Fsp3) is 0.560. The van der Waals surface area contributed by atoms with Crippen LogP contribution in [0.4, 0.5) is 5.69 Å². The van der Waals surface area contributed by atoms with Crippen molar-refractivity contribution in [3.63, 3.8) is 0 Å². The summed E-state index contributed by atoms with van der Waals surface area (Å²) in [5, 5.41) is 17.2. The van der Waals surface area contributed by atoms with Gasteiger partial charge in [-0.3, -0.25) is 0 Å². The Balaban J connectivity index is 1.46. The molecule has 0 saturated carbocycles. The van der Waals surface area contributed by atoms with Crippen LogP contribution in [0.25, 0.3) is 0 Å². The second-order valence-electron chi connectivity index (χ2n) is 8.41. The van der Waals surface area contributed by atoms with E-state index in [4.69, 9.17) is 0 Å². The zero-order chi connectivity index (χ0) is 20.5. The monoisotopic (exact) mass is 395 g/mol. The van der Waals surface area contributed by atoms with Gasteiger partial charge in [-0.25, -0.2) is 0 Å². The molecule has 1 aliphatic heterocycles. The molecule has 1 unspecified atom stereocenters. The quantitative estimate of drug-likeness (QED) is 0.406. The molecule has 4 nitrogen and oxygen atoms in total. The highest BCUT2D eigenvalue weighted by Crippen LogP contribution is 2.34. The number of rotatable bonds is 12. The van der Waals surface area contributed by atoms with Crippen LogP contribution in [0.5, 0.6) is 5.75 Å². The van der Waals surface area contributed by atoms with Crippen LogP contribution in [-0.4, -0.2) is 16.9 Å². The third kappa shape index (κ3) is 6.20. The molecule has 29 heavy (non-hydrogen) atoms. The molecule has 1 heterocycles. The average molecular weight is 396 g/mol. The van der Waals surface area contributed by atoms with Gasteiger partial charge in [-0.05, 0) is 43.0 Å². The zero-order valence-electron chi connectivity index (χ0n) is 18.2. The number of nitrogens with one attached hydrogen (secondary N) is 1. The second-order valence-corrected chi connectivity index (χ2v) is 8.41. The third-order valence-corrected chi connectivity index (χ3v) is 5.82. The van der Waals surface area contributed by atoms with Gasteiger partial charge in [0.1, 0.15) is 11.4 Å². The number of aryl methyl sites for hydroxylation is 2. The molecule has 0 fully saturated rings. The first-order valence-corrected chi connectivity index (χ1v) is 11.5. The number of hydrazone groups is 1. The largest absolute Gasteiger partial charge is 0.505 e. The Morgan fingerprint density at radius 3 is 2.34 bits per heavy atom. The van der Waals surface area contributed by atoms with Gasteiger partial charge in [0.25, 0.3) is 0 Å². The highest BCUT2D eigenvalue weighted by atomic mass is 16.3. The van der Waals surface area contributed by atoms with E-state index in [0.29, 0.717) is 5.75 Å². The molecule has 0 amide bonds. The Bertz CT molecular complexity index is 751. The molecular weight excluding hydrogens is 358 g/mol. The van der Waals surface area contributed by atoms with Gasteiger partial charge in [-0.15, -0.1) is 0 Å². The Hall–Kier alpha value is -2.07. The number of allylic oxidation sites excluding steroid dienone is 2. The molecule has 1 aromatic rings. The van der Waals surface area contributed by atoms with E-state index in [1.165, 1.54) is 57.8 Å². The van der Waals surface area contributed by atoms with E-state index in [2.05, 4.69) is 36.5 Å². The standard InChI is InChI=1S/C25H37N3O/c1-3-4-5-6-7-8-9-10-11-12-15-21-18-20(2)19-24(25(21)29)28-26-22-16-13-14-17-23(22)27-28/h13-14,16-19,22,26,29H,3-12,15H2,1-2H3. The molecule has 3 rings (SSSR count). The minimum atomic E-state index is 0.0883. The Morgan fingerprint density at radius 1 is 0.966 bits per heavy atom. The van der Waals surface area contributed by atoms with E-state index in [0.717, 1.165) is 35.4 Å². The fourth-order valence-corrected chi connectivity index (χ4v) is 4.12. The fourth-order valence-electron chi connectivity index (χ4n) is 4.12. The average Bonchev–Trinajstić information content (AvgIpc) is 3.15. The van der Waals surface area contributed by atoms with Gasteiger partial charge in [0.2, 0.25) is 0 Å². The summed E-state index contributed by atoms with van der Waals surface area (Å²) in [5.74, 6) is 0.356. The van der Waals surface area contributed by atoms with Crippen molar-refractivity contribution in [2.75, 3.05) is 5.12 Å². The Morgan fingerprint density at radius 2 is 1.66 bits per heavy atom. The van der Waals surface area contributed by atoms with Crippen molar-refractivity contribution < 1.29 is 5.11 Å². The van der Waals surface area contributed by atoms with Gasteiger partial charge in [0.05, 0.1) is 11.8 Å². The van der Waals surface area contributed by atoms with Crippen LogP contribution in [0.1, 0.15) is 82.3 Å². The van der Waals surface area contributed by atoms with Crippen LogP contribution in [-0.2, 0) is 6.42 Å². The number of nitrogens with zero attached hydrogens (tertiary/aromatic N) is 2. The molecule has 1 atom stereocenters. The first kappa shape index (κ1) is 21.6. The molecule has 0 aromatic heterocycles. The van der Waals surface area contributed by atoms with Crippen molar-refractivity contribution in [2.24, 2.45) is 5.10 Å². The van der Waals surface area contributed by atoms with Gasteiger partial charge in [0.15, 0.2) is 0 Å². The van der Waals surface area contributed by atoms with Gasteiger partial charge in [0, 0.05) is 0 Å². The lowest BCUT2D eigenvalue weighted by Crippen LogP contribution is -2.37. The Kier molecular flexibility index (Phi) is 8.36. The lowest BCUT2D eigenvalue weighted by atomic mass is 10.0. The number of hydrogen-bond acceptors (Lipinski definition) is 4. The maximum Gasteiger partial charge on any atom is 0.145 e. The SMILES string of the molecule is CCCCCCCCCCCCc1cc(C)cc(N2N=C3C=CC=CC3N2)c1O. The topological polar surface area (TPSA) is 47.9 Å². The predicted molar refractivity (Wildman–Crippen MR) is 124 cm³/mol. The molecule has 0 bridgehead atoms. The second kappa shape index (κ2) is 11.2. The van der Waals surface area contributed by atoms with Crippen molar-refractivity contribution in [3.8, 4) is 5.75 Å². The summed E-state index contributed by atoms with van der Waals surface area (Å²) in [7, 11) is 0. The number of phenols is 1. The predicted octanol–water partition coefficient (Wildman–Crippen LogP) is 6.34. The van der Waals surface area contributed by atoms with Crippen molar-refractivity contribution in [2.45, 2.75) is 90.5 Å². The van der Waals surface area contributed by atoms with Crippen LogP contribution in [0, 0.1) is 6.92 Å². The van der Waals surface area contributed by atoms with E-state index in [-0.39, 0.29) is 6.04 Å². The smallest absolute Gasteiger partial charge is 0.145 e. The van der Waals surface area contributed by atoms with Crippen molar-refractivity contribution in [1.29, 1.82) is 0 Å². The Labute approximate surface area is 176 Å². The third-order valence-electron chi connectivity index (χ3n) is 5.82. The van der Waals surface area contributed by atoms with Crippen LogP contribution in [0.2, 0.25) is 0 Å². The van der Waals surface area contributed by atoms with E-state index in [9.17, 15) is 5.11 Å². The highest BCUT2D eigenvalue weighted by Gasteiger charge is 2.26. The number of phenolic OH excluding ortho intramolecular Hbond substituents is 1. The molecule has 2 aliphatic rings. The lowest BCUT2D eigenvalue weighted by Gasteiger charge is -2.20. The van der Waals surface area contributed by atoms with Crippen molar-refractivity contribution in [1.82, 2.24) is 5.43 Å². The highest BCUT2D eigenvalue weighted by molar-refractivity contribution is 6.03. The summed E-state index contributed by atoms with van der Waals surface area (Å²) < 4.78 is 0. The number of hydrogen-bond donors (Lipinski definition) is 2. The molecule has 1 aromatic carbocycles. The summed E-state index contributed by atoms with van der Waals surface area (Å²) in [6.45, 7) is 4.35. The number of unbranched alkanes of at least 4 members (excludes halogenated alkanes) is 9. The molecule has 0 saturated heterocycles. The number of anilines is 1. The maximum absolute atomic E-state index is 10.9. The molecule has 2 N–H and O–H groups in total. The normalized spacial score (nSPS) is 17.7. The molecule has 0 spiro atoms. The molecular formula is C25H37N3O. The summed E-state index contributed by atoms with van der Waals surface area (Å²) in [5.41, 5.74) is 7.25. The van der Waals surface area contributed by atoms with E-state index >= 15 is 0 Å². The first-order valence-electron chi connectivity index (χ1n) is 11.5. The number of aromatic hydroxyl groups is 1. The first-order chi connectivity index (χ1) is 14.2. The minimum absolute atomic E-state index is 0.0883. The van der Waals surface area contributed by atoms with Crippen molar-refractivity contribution >= 4 is 11.4 Å². The van der Waals surface area contributed by atoms with Gasteiger partial charge < -0.3 is 5.11 Å². The van der Waals surface area contributed by atoms with Gasteiger partial charge in [-0.1, -0.05) is 89.0 Å². The minimum Gasteiger partial charge on any atom is -0.505 e. The molecule has 158 valence electrons. The van der Waals surface area contributed by atoms with Crippen LogP contribution in [0.15, 0.2) is 41.5 Å². The number of fused-ring (bicyclic) bond motifs is 1. The maximum atomic E-state index is 10.9. The van der Waals surface area contributed by atoms with Crippen LogP contribution >= 0.6 is 0 Å². The van der Waals surface area contributed by atoms with E-state index < -0.39 is 0 Å². The van der Waals surface area contributed by atoms with Crippen molar-refractivity contribution in [3.05, 3.63) is 47.6 Å².